The molecule has 14 heavy (non-hydrogen) atoms. The van der Waals surface area contributed by atoms with Crippen molar-refractivity contribution in [2.75, 3.05) is 6.54 Å². The molecule has 0 aromatic heterocycles. The van der Waals surface area contributed by atoms with Crippen LogP contribution in [0.2, 0.25) is 0 Å². The summed E-state index contributed by atoms with van der Waals surface area (Å²) in [5.74, 6) is 1.16. The fourth-order valence-corrected chi connectivity index (χ4v) is 2.52. The smallest absolute Gasteiger partial charge is 0.0600 e. The van der Waals surface area contributed by atoms with Gasteiger partial charge in [-0.1, -0.05) is 19.9 Å². The molecule has 0 aromatic carbocycles. The highest BCUT2D eigenvalue weighted by Gasteiger charge is 2.40. The van der Waals surface area contributed by atoms with Gasteiger partial charge >= 0.3 is 0 Å². The number of likely N-dealkylation sites (N-methyl/N-ethyl adjacent to an activating group) is 1. The van der Waals surface area contributed by atoms with E-state index in [4.69, 9.17) is 4.74 Å². The Morgan fingerprint density at radius 1 is 1.36 bits per heavy atom. The monoisotopic (exact) mass is 197 g/mol. The molecule has 0 bridgehead atoms. The van der Waals surface area contributed by atoms with Crippen LogP contribution in [-0.2, 0) is 4.74 Å². The van der Waals surface area contributed by atoms with Crippen LogP contribution < -0.4 is 5.32 Å². The molecule has 1 fully saturated rings. The average molecular weight is 197 g/mol. The number of nitrogens with one attached hydrogen (secondary N) is 1. The van der Waals surface area contributed by atoms with Gasteiger partial charge in [0.05, 0.1) is 12.2 Å². The molecule has 1 aliphatic rings. The summed E-state index contributed by atoms with van der Waals surface area (Å²) in [6.07, 6.45) is 2.72. The second-order valence-electron chi connectivity index (χ2n) is 4.30. The zero-order valence-corrected chi connectivity index (χ0v) is 9.79. The Hall–Kier alpha value is -0.340. The second-order valence-corrected chi connectivity index (χ2v) is 4.30. The molecule has 1 aliphatic heterocycles. The summed E-state index contributed by atoms with van der Waals surface area (Å²) >= 11 is 0. The quantitative estimate of drug-likeness (QED) is 0.698. The van der Waals surface area contributed by atoms with Crippen LogP contribution in [0, 0.1) is 11.8 Å². The zero-order valence-electron chi connectivity index (χ0n) is 9.79. The van der Waals surface area contributed by atoms with Gasteiger partial charge in [-0.15, -0.1) is 6.58 Å². The van der Waals surface area contributed by atoms with Crippen molar-refractivity contribution in [2.24, 2.45) is 11.8 Å². The van der Waals surface area contributed by atoms with Crippen LogP contribution in [-0.4, -0.2) is 24.8 Å². The van der Waals surface area contributed by atoms with Gasteiger partial charge in [-0.3, -0.25) is 0 Å². The number of ether oxygens (including phenoxy) is 1. The number of hydrogen-bond acceptors (Lipinski definition) is 2. The lowest BCUT2D eigenvalue weighted by Crippen LogP contribution is -2.40. The van der Waals surface area contributed by atoms with Crippen molar-refractivity contribution in [1.29, 1.82) is 0 Å². The standard InChI is InChI=1S/C12H23NO/c1-6-11(13-7-2)12-8(3)9(4)14-10(12)5/h6,8-13H,1,7H2,2-5H3. The van der Waals surface area contributed by atoms with Crippen molar-refractivity contribution >= 4 is 0 Å². The van der Waals surface area contributed by atoms with Gasteiger partial charge in [-0.2, -0.15) is 0 Å². The highest BCUT2D eigenvalue weighted by atomic mass is 16.5. The van der Waals surface area contributed by atoms with Crippen LogP contribution in [0.4, 0.5) is 0 Å². The lowest BCUT2D eigenvalue weighted by Gasteiger charge is -2.26. The van der Waals surface area contributed by atoms with Crippen LogP contribution in [0.1, 0.15) is 27.7 Å². The van der Waals surface area contributed by atoms with Gasteiger partial charge < -0.3 is 10.1 Å². The minimum absolute atomic E-state index is 0.335. The molecule has 0 aliphatic carbocycles. The van der Waals surface area contributed by atoms with Crippen molar-refractivity contribution in [3.8, 4) is 0 Å². The first-order chi connectivity index (χ1) is 6.61. The number of rotatable bonds is 4. The van der Waals surface area contributed by atoms with Crippen LogP contribution >= 0.6 is 0 Å². The van der Waals surface area contributed by atoms with E-state index in [0.29, 0.717) is 30.1 Å². The van der Waals surface area contributed by atoms with E-state index in [9.17, 15) is 0 Å². The fourth-order valence-electron chi connectivity index (χ4n) is 2.52. The number of hydrogen-bond donors (Lipinski definition) is 1. The molecular weight excluding hydrogens is 174 g/mol. The molecule has 1 saturated heterocycles. The topological polar surface area (TPSA) is 21.3 Å². The summed E-state index contributed by atoms with van der Waals surface area (Å²) in [6.45, 7) is 13.6. The minimum atomic E-state index is 0.335. The minimum Gasteiger partial charge on any atom is -0.375 e. The third kappa shape index (κ3) is 2.18. The second kappa shape index (κ2) is 4.94. The summed E-state index contributed by atoms with van der Waals surface area (Å²) in [5, 5.41) is 3.46. The summed E-state index contributed by atoms with van der Waals surface area (Å²) in [7, 11) is 0. The largest absolute Gasteiger partial charge is 0.375 e. The molecule has 1 heterocycles. The molecular formula is C12H23NO. The van der Waals surface area contributed by atoms with E-state index >= 15 is 0 Å². The van der Waals surface area contributed by atoms with Crippen molar-refractivity contribution in [3.05, 3.63) is 12.7 Å². The molecule has 2 nitrogen and oxygen atoms in total. The Kier molecular flexibility index (Phi) is 4.14. The Balaban J connectivity index is 2.68. The van der Waals surface area contributed by atoms with Crippen molar-refractivity contribution in [1.82, 2.24) is 5.32 Å². The Morgan fingerprint density at radius 3 is 2.36 bits per heavy atom. The van der Waals surface area contributed by atoms with Gasteiger partial charge in [-0.05, 0) is 26.3 Å². The normalized spacial score (nSPS) is 39.7. The Bertz CT molecular complexity index is 193. The fraction of sp³-hybridized carbons (Fsp3) is 0.833. The third-order valence-corrected chi connectivity index (χ3v) is 3.43. The molecule has 1 N–H and O–H groups in total. The first-order valence-electron chi connectivity index (χ1n) is 5.63. The zero-order chi connectivity index (χ0) is 10.7. The van der Waals surface area contributed by atoms with Crippen LogP contribution in [0.15, 0.2) is 12.7 Å². The van der Waals surface area contributed by atoms with Crippen LogP contribution in [0.5, 0.6) is 0 Å². The van der Waals surface area contributed by atoms with Gasteiger partial charge in [0, 0.05) is 12.0 Å². The molecule has 5 unspecified atom stereocenters. The molecule has 2 heteroatoms. The van der Waals surface area contributed by atoms with E-state index in [0.717, 1.165) is 6.54 Å². The SMILES string of the molecule is C=CC(NCC)C1C(C)OC(C)C1C. The van der Waals surface area contributed by atoms with Gasteiger partial charge in [-0.25, -0.2) is 0 Å². The molecule has 82 valence electrons. The lowest BCUT2D eigenvalue weighted by molar-refractivity contribution is 0.0492. The van der Waals surface area contributed by atoms with E-state index in [1.807, 2.05) is 6.08 Å². The molecule has 5 atom stereocenters. The predicted molar refractivity (Wildman–Crippen MR) is 60.3 cm³/mol. The summed E-state index contributed by atoms with van der Waals surface area (Å²) in [5.41, 5.74) is 0. The van der Waals surface area contributed by atoms with Crippen molar-refractivity contribution < 1.29 is 4.74 Å². The molecule has 0 spiro atoms. The van der Waals surface area contributed by atoms with E-state index in [1.54, 1.807) is 0 Å². The highest BCUT2D eigenvalue weighted by molar-refractivity contribution is 4.99. The maximum absolute atomic E-state index is 5.83. The highest BCUT2D eigenvalue weighted by Crippen LogP contribution is 2.34. The van der Waals surface area contributed by atoms with Crippen LogP contribution in [0.25, 0.3) is 0 Å². The first-order valence-corrected chi connectivity index (χ1v) is 5.63. The third-order valence-electron chi connectivity index (χ3n) is 3.43. The molecule has 0 aromatic rings. The van der Waals surface area contributed by atoms with Gasteiger partial charge in [0.25, 0.3) is 0 Å². The summed E-state index contributed by atoms with van der Waals surface area (Å²) in [4.78, 5) is 0. The van der Waals surface area contributed by atoms with Gasteiger partial charge in [0.15, 0.2) is 0 Å². The van der Waals surface area contributed by atoms with Crippen molar-refractivity contribution in [3.63, 3.8) is 0 Å². The molecule has 0 saturated carbocycles. The molecule has 0 radical (unpaired) electrons. The van der Waals surface area contributed by atoms with Crippen molar-refractivity contribution in [2.45, 2.75) is 45.9 Å². The summed E-state index contributed by atoms with van der Waals surface area (Å²) in [6, 6.07) is 0.384. The Morgan fingerprint density at radius 2 is 2.00 bits per heavy atom. The van der Waals surface area contributed by atoms with E-state index < -0.39 is 0 Å². The first kappa shape index (κ1) is 11.7. The maximum Gasteiger partial charge on any atom is 0.0600 e. The maximum atomic E-state index is 5.83. The van der Waals surface area contributed by atoms with E-state index in [2.05, 4.69) is 39.6 Å². The van der Waals surface area contributed by atoms with E-state index in [1.165, 1.54) is 0 Å². The lowest BCUT2D eigenvalue weighted by atomic mass is 9.83. The van der Waals surface area contributed by atoms with Crippen LogP contribution in [0.3, 0.4) is 0 Å². The predicted octanol–water partition coefficient (Wildman–Crippen LogP) is 2.21. The summed E-state index contributed by atoms with van der Waals surface area (Å²) < 4.78 is 5.83. The average Bonchev–Trinajstić information content (AvgIpc) is 2.39. The molecule has 0 amide bonds. The van der Waals surface area contributed by atoms with Gasteiger partial charge in [0.1, 0.15) is 0 Å². The van der Waals surface area contributed by atoms with Gasteiger partial charge in [0.2, 0.25) is 0 Å². The molecule has 1 rings (SSSR count). The Labute approximate surface area is 87.7 Å². The van der Waals surface area contributed by atoms with E-state index in [-0.39, 0.29) is 0 Å².